The van der Waals surface area contributed by atoms with Crippen molar-refractivity contribution >= 4 is 20.7 Å². The van der Waals surface area contributed by atoms with Gasteiger partial charge in [0.1, 0.15) is 0 Å². The molecule has 0 spiro atoms. The quantitative estimate of drug-likeness (QED) is 0.617. The number of carbonyl (C=O) groups is 1. The lowest BCUT2D eigenvalue weighted by Crippen LogP contribution is -2.23. The van der Waals surface area contributed by atoms with Gasteiger partial charge in [-0.25, -0.2) is 4.39 Å². The van der Waals surface area contributed by atoms with E-state index in [4.69, 9.17) is 4.74 Å². The molecule has 0 radical (unpaired) electrons. The molecule has 94 valence electrons. The fraction of sp³-hybridized carbons (Fsp3) is 0.417. The Bertz CT molecular complexity index is 398. The van der Waals surface area contributed by atoms with Crippen LogP contribution in [0.4, 0.5) is 9.18 Å². The van der Waals surface area contributed by atoms with Gasteiger partial charge in [0.15, 0.2) is 11.6 Å². The van der Waals surface area contributed by atoms with Gasteiger partial charge in [0.25, 0.3) is 4.82 Å². The van der Waals surface area contributed by atoms with E-state index in [9.17, 15) is 9.18 Å². The highest BCUT2D eigenvalue weighted by molar-refractivity contribution is 9.18. The second kappa shape index (κ2) is 6.59. The average molecular weight is 304 g/mol. The Morgan fingerprint density at radius 1 is 1.53 bits per heavy atom. The maximum Gasteiger partial charge on any atom is 0.289 e. The zero-order valence-corrected chi connectivity index (χ0v) is 11.5. The summed E-state index contributed by atoms with van der Waals surface area (Å²) in [5, 5.41) is 0. The van der Waals surface area contributed by atoms with Crippen LogP contribution in [0.2, 0.25) is 0 Å². The van der Waals surface area contributed by atoms with Crippen molar-refractivity contribution in [3.05, 3.63) is 29.6 Å². The van der Waals surface area contributed by atoms with Crippen LogP contribution in [0.3, 0.4) is 0 Å². The van der Waals surface area contributed by atoms with Crippen molar-refractivity contribution < 1.29 is 13.9 Å². The third-order valence-electron chi connectivity index (χ3n) is 2.33. The largest absolute Gasteiger partial charge is 0.491 e. The highest BCUT2D eigenvalue weighted by Gasteiger charge is 2.07. The number of amides is 1. The van der Waals surface area contributed by atoms with Crippen molar-refractivity contribution in [3.8, 4) is 5.75 Å². The monoisotopic (exact) mass is 303 g/mol. The molecule has 0 aromatic heterocycles. The van der Waals surface area contributed by atoms with Gasteiger partial charge in [0.2, 0.25) is 0 Å². The van der Waals surface area contributed by atoms with Gasteiger partial charge in [-0.2, -0.15) is 0 Å². The Hall–Kier alpha value is -1.10. The van der Waals surface area contributed by atoms with E-state index in [1.54, 1.807) is 19.2 Å². The second-order valence-corrected chi connectivity index (χ2v) is 4.30. The Labute approximate surface area is 109 Å². The molecule has 3 nitrogen and oxygen atoms in total. The lowest BCUT2D eigenvalue weighted by molar-refractivity contribution is 0.235. The molecule has 0 atom stereocenters. The summed E-state index contributed by atoms with van der Waals surface area (Å²) in [7, 11) is 1.68. The molecule has 17 heavy (non-hydrogen) atoms. The first-order chi connectivity index (χ1) is 8.04. The number of nitrogens with zero attached hydrogens (tertiary/aromatic N) is 1. The summed E-state index contributed by atoms with van der Waals surface area (Å²) in [5.41, 5.74) is 0.839. The Kier molecular flexibility index (Phi) is 5.41. The highest BCUT2D eigenvalue weighted by Crippen LogP contribution is 2.18. The minimum absolute atomic E-state index is 0.177. The number of rotatable bonds is 5. The number of carbonyl (C=O) groups excluding carboxylic acids is 1. The van der Waals surface area contributed by atoms with Crippen LogP contribution >= 0.6 is 15.9 Å². The van der Waals surface area contributed by atoms with E-state index in [-0.39, 0.29) is 16.4 Å². The molecule has 0 unspecified atom stereocenters. The Morgan fingerprint density at radius 3 is 2.76 bits per heavy atom. The van der Waals surface area contributed by atoms with Crippen LogP contribution in [0, 0.1) is 5.82 Å². The van der Waals surface area contributed by atoms with Gasteiger partial charge in [-0.15, -0.1) is 0 Å². The summed E-state index contributed by atoms with van der Waals surface area (Å²) in [6.45, 7) is 2.79. The smallest absolute Gasteiger partial charge is 0.289 e. The minimum Gasteiger partial charge on any atom is -0.491 e. The molecule has 1 rings (SSSR count). The van der Waals surface area contributed by atoms with Crippen molar-refractivity contribution in [2.24, 2.45) is 0 Å². The summed E-state index contributed by atoms with van der Waals surface area (Å²) in [4.78, 5) is 12.3. The third kappa shape index (κ3) is 4.34. The summed E-state index contributed by atoms with van der Waals surface area (Å²) < 4.78 is 18.6. The molecular formula is C12H15BrFNO2. The van der Waals surface area contributed by atoms with E-state index < -0.39 is 0 Å². The van der Waals surface area contributed by atoms with Crippen LogP contribution in [0.5, 0.6) is 5.75 Å². The van der Waals surface area contributed by atoms with Crippen LogP contribution < -0.4 is 4.74 Å². The van der Waals surface area contributed by atoms with Crippen molar-refractivity contribution in [2.75, 3.05) is 20.2 Å². The highest BCUT2D eigenvalue weighted by atomic mass is 79.9. The van der Waals surface area contributed by atoms with E-state index in [1.807, 2.05) is 6.92 Å². The van der Waals surface area contributed by atoms with E-state index in [0.29, 0.717) is 19.6 Å². The fourth-order valence-corrected chi connectivity index (χ4v) is 1.53. The maximum atomic E-state index is 13.5. The molecule has 0 aliphatic carbocycles. The van der Waals surface area contributed by atoms with Crippen LogP contribution in [0.15, 0.2) is 18.2 Å². The lowest BCUT2D eigenvalue weighted by atomic mass is 10.1. The summed E-state index contributed by atoms with van der Waals surface area (Å²) in [6, 6.07) is 4.86. The molecule has 0 saturated heterocycles. The minimum atomic E-state index is -0.364. The maximum absolute atomic E-state index is 13.5. The van der Waals surface area contributed by atoms with Crippen LogP contribution in [-0.2, 0) is 6.42 Å². The molecular weight excluding hydrogens is 289 g/mol. The molecule has 0 N–H and O–H groups in total. The first-order valence-electron chi connectivity index (χ1n) is 5.36. The number of hydrogen-bond acceptors (Lipinski definition) is 2. The SMILES string of the molecule is CCOc1ccc(CCN(C)C(=O)Br)cc1F. The van der Waals surface area contributed by atoms with Crippen molar-refractivity contribution in [3.63, 3.8) is 0 Å². The average Bonchev–Trinajstić information content (AvgIpc) is 2.29. The first kappa shape index (κ1) is 14.0. The van der Waals surface area contributed by atoms with E-state index in [0.717, 1.165) is 5.56 Å². The molecule has 0 heterocycles. The predicted molar refractivity (Wildman–Crippen MR) is 68.2 cm³/mol. The van der Waals surface area contributed by atoms with Gasteiger partial charge < -0.3 is 9.64 Å². The topological polar surface area (TPSA) is 29.5 Å². The number of benzene rings is 1. The summed E-state index contributed by atoms with van der Waals surface area (Å²) in [5.74, 6) is -0.0988. The van der Waals surface area contributed by atoms with Crippen LogP contribution in [0.25, 0.3) is 0 Å². The molecule has 0 saturated carbocycles. The second-order valence-electron chi connectivity index (χ2n) is 3.62. The molecule has 0 bridgehead atoms. The van der Waals surface area contributed by atoms with Crippen molar-refractivity contribution in [1.29, 1.82) is 0 Å². The fourth-order valence-electron chi connectivity index (χ4n) is 1.36. The van der Waals surface area contributed by atoms with E-state index >= 15 is 0 Å². The number of ether oxygens (including phenoxy) is 1. The number of likely N-dealkylation sites (N-methyl/N-ethyl adjacent to an activating group) is 1. The summed E-state index contributed by atoms with van der Waals surface area (Å²) in [6.07, 6.45) is 0.608. The Morgan fingerprint density at radius 2 is 2.24 bits per heavy atom. The predicted octanol–water partition coefficient (Wildman–Crippen LogP) is 3.21. The first-order valence-corrected chi connectivity index (χ1v) is 6.15. The standard InChI is InChI=1S/C12H15BrFNO2/c1-3-17-11-5-4-9(8-10(11)14)6-7-15(2)12(13)16/h4-5,8H,3,6-7H2,1-2H3. The molecule has 0 fully saturated rings. The third-order valence-corrected chi connectivity index (χ3v) is 2.94. The van der Waals surface area contributed by atoms with Gasteiger partial charge in [-0.05, 0) is 31.0 Å². The molecule has 1 amide bonds. The van der Waals surface area contributed by atoms with Crippen molar-refractivity contribution in [1.82, 2.24) is 4.90 Å². The lowest BCUT2D eigenvalue weighted by Gasteiger charge is -2.13. The van der Waals surface area contributed by atoms with Gasteiger partial charge >= 0.3 is 0 Å². The molecule has 1 aromatic rings. The number of hydrogen-bond donors (Lipinski definition) is 0. The van der Waals surface area contributed by atoms with E-state index in [1.165, 1.54) is 11.0 Å². The zero-order chi connectivity index (χ0) is 12.8. The molecule has 0 aliphatic rings. The number of halogens is 2. The van der Waals surface area contributed by atoms with E-state index in [2.05, 4.69) is 15.9 Å². The Balaban J connectivity index is 2.61. The zero-order valence-electron chi connectivity index (χ0n) is 9.87. The van der Waals surface area contributed by atoms with Gasteiger partial charge in [-0.1, -0.05) is 6.07 Å². The summed E-state index contributed by atoms with van der Waals surface area (Å²) >= 11 is 2.85. The van der Waals surface area contributed by atoms with Gasteiger partial charge in [0, 0.05) is 29.5 Å². The molecule has 5 heteroatoms. The van der Waals surface area contributed by atoms with Crippen LogP contribution in [0.1, 0.15) is 12.5 Å². The van der Waals surface area contributed by atoms with Crippen LogP contribution in [-0.4, -0.2) is 29.9 Å². The molecule has 0 aliphatic heterocycles. The normalized spacial score (nSPS) is 10.1. The molecule has 1 aromatic carbocycles. The van der Waals surface area contributed by atoms with Gasteiger partial charge in [0.05, 0.1) is 6.61 Å². The van der Waals surface area contributed by atoms with Crippen molar-refractivity contribution in [2.45, 2.75) is 13.3 Å². The van der Waals surface area contributed by atoms with Gasteiger partial charge in [-0.3, -0.25) is 4.79 Å².